The maximum atomic E-state index is 13.9. The van der Waals surface area contributed by atoms with Crippen LogP contribution in [-0.4, -0.2) is 64.8 Å². The van der Waals surface area contributed by atoms with Crippen molar-refractivity contribution in [3.05, 3.63) is 71.1 Å². The predicted molar refractivity (Wildman–Crippen MR) is 150 cm³/mol. The van der Waals surface area contributed by atoms with E-state index in [4.69, 9.17) is 21.4 Å². The largest absolute Gasteiger partial charge is 0.480 e. The standard InChI is InChI=1S/C27H30ClFN6O6/c1-17(36)35(33-14-20-8-4-10-22(29)25(20)28)21(9-5-11-30-26(39)32-15-24(37)38)16-41-27(40)34-23-12-18-6-2-3-7-19(18)13-31-23/h2-4,6-8,10,12-13,21,33H,5,9,11,14-16H2,1H3,(H,37,38)(H2,30,32,39)(H,31,34,40)/t21-/m0/s1. The number of urea groups is 1. The molecule has 0 aliphatic carbocycles. The minimum Gasteiger partial charge on any atom is -0.480 e. The lowest BCUT2D eigenvalue weighted by Gasteiger charge is -2.31. The zero-order chi connectivity index (χ0) is 29.8. The average Bonchev–Trinajstić information content (AvgIpc) is 2.94. The molecule has 0 fully saturated rings. The number of ether oxygens (including phenoxy) is 1. The van der Waals surface area contributed by atoms with Gasteiger partial charge < -0.3 is 20.5 Å². The van der Waals surface area contributed by atoms with E-state index in [2.05, 4.69) is 26.4 Å². The molecule has 0 radical (unpaired) electrons. The number of anilines is 1. The number of fused-ring (bicyclic) bond motifs is 1. The number of hydrogen-bond acceptors (Lipinski definition) is 7. The molecule has 2 aromatic carbocycles. The van der Waals surface area contributed by atoms with Crippen molar-refractivity contribution in [2.24, 2.45) is 0 Å². The molecule has 0 unspecified atom stereocenters. The Labute approximate surface area is 240 Å². The van der Waals surface area contributed by atoms with E-state index >= 15 is 0 Å². The molecule has 0 saturated carbocycles. The molecule has 1 atom stereocenters. The third kappa shape index (κ3) is 9.89. The average molecular weight is 589 g/mol. The van der Waals surface area contributed by atoms with E-state index in [1.807, 2.05) is 24.3 Å². The van der Waals surface area contributed by atoms with Gasteiger partial charge in [-0.1, -0.05) is 48.0 Å². The first kappa shape index (κ1) is 31.0. The molecule has 3 rings (SSSR count). The van der Waals surface area contributed by atoms with Gasteiger partial charge in [-0.2, -0.15) is 0 Å². The van der Waals surface area contributed by atoms with Gasteiger partial charge >= 0.3 is 18.1 Å². The highest BCUT2D eigenvalue weighted by atomic mass is 35.5. The molecule has 0 aliphatic rings. The Morgan fingerprint density at radius 3 is 2.59 bits per heavy atom. The van der Waals surface area contributed by atoms with Crippen molar-refractivity contribution >= 4 is 52.2 Å². The molecular formula is C27H30ClFN6O6. The van der Waals surface area contributed by atoms with Crippen molar-refractivity contribution < 1.29 is 33.4 Å². The summed E-state index contributed by atoms with van der Waals surface area (Å²) < 4.78 is 19.3. The summed E-state index contributed by atoms with van der Waals surface area (Å²) in [6.45, 7) is 0.707. The third-order valence-corrected chi connectivity index (χ3v) is 6.27. The second kappa shape index (κ2) is 15.3. The Hall–Kier alpha value is -4.49. The Bertz CT molecular complexity index is 1390. The van der Waals surface area contributed by atoms with Crippen LogP contribution in [0.4, 0.5) is 19.8 Å². The number of nitrogens with zero attached hydrogens (tertiary/aromatic N) is 2. The summed E-state index contributed by atoms with van der Waals surface area (Å²) in [5.41, 5.74) is 3.33. The lowest BCUT2D eigenvalue weighted by Crippen LogP contribution is -2.51. The molecule has 14 heteroatoms. The van der Waals surface area contributed by atoms with Crippen LogP contribution >= 0.6 is 11.6 Å². The van der Waals surface area contributed by atoms with Crippen molar-refractivity contribution in [1.29, 1.82) is 0 Å². The number of pyridine rings is 1. The Morgan fingerprint density at radius 1 is 1.10 bits per heavy atom. The first-order valence-corrected chi connectivity index (χ1v) is 13.0. The number of nitrogens with one attached hydrogen (secondary N) is 4. The van der Waals surface area contributed by atoms with Gasteiger partial charge in [0.1, 0.15) is 24.8 Å². The van der Waals surface area contributed by atoms with Gasteiger partial charge in [0.15, 0.2) is 0 Å². The summed E-state index contributed by atoms with van der Waals surface area (Å²) in [4.78, 5) is 51.7. The van der Waals surface area contributed by atoms with Crippen LogP contribution in [-0.2, 0) is 20.9 Å². The Balaban J connectivity index is 1.64. The van der Waals surface area contributed by atoms with E-state index in [0.29, 0.717) is 12.0 Å². The van der Waals surface area contributed by atoms with Crippen LogP contribution in [0.25, 0.3) is 10.8 Å². The van der Waals surface area contributed by atoms with Gasteiger partial charge in [0.05, 0.1) is 11.1 Å². The van der Waals surface area contributed by atoms with Crippen LogP contribution in [0.2, 0.25) is 5.02 Å². The van der Waals surface area contributed by atoms with Gasteiger partial charge in [0, 0.05) is 31.6 Å². The molecule has 0 bridgehead atoms. The number of benzene rings is 2. The normalized spacial score (nSPS) is 11.4. The van der Waals surface area contributed by atoms with Crippen molar-refractivity contribution in [2.45, 2.75) is 32.4 Å². The predicted octanol–water partition coefficient (Wildman–Crippen LogP) is 3.66. The second-order valence-electron chi connectivity index (χ2n) is 8.88. The number of hydrogen-bond donors (Lipinski definition) is 5. The molecule has 5 N–H and O–H groups in total. The fourth-order valence-electron chi connectivity index (χ4n) is 3.86. The van der Waals surface area contributed by atoms with Gasteiger partial charge in [-0.15, -0.1) is 0 Å². The van der Waals surface area contributed by atoms with E-state index in [1.165, 1.54) is 24.1 Å². The molecule has 12 nitrogen and oxygen atoms in total. The van der Waals surface area contributed by atoms with Crippen LogP contribution in [0.5, 0.6) is 0 Å². The number of amides is 4. The van der Waals surface area contributed by atoms with Crippen molar-refractivity contribution in [2.75, 3.05) is 25.0 Å². The van der Waals surface area contributed by atoms with E-state index in [0.717, 1.165) is 10.8 Å². The number of rotatable bonds is 13. The number of carboxylic acid groups (broad SMARTS) is 1. The zero-order valence-corrected chi connectivity index (χ0v) is 22.9. The van der Waals surface area contributed by atoms with Gasteiger partial charge in [0.25, 0.3) is 0 Å². The van der Waals surface area contributed by atoms with Gasteiger partial charge in [-0.3, -0.25) is 19.9 Å². The Kier molecular flexibility index (Phi) is 11.6. The first-order valence-electron chi connectivity index (χ1n) is 12.6. The smallest absolute Gasteiger partial charge is 0.412 e. The van der Waals surface area contributed by atoms with Crippen LogP contribution in [0.15, 0.2) is 54.7 Å². The third-order valence-electron chi connectivity index (χ3n) is 5.84. The summed E-state index contributed by atoms with van der Waals surface area (Å²) in [6.07, 6.45) is 1.44. The van der Waals surface area contributed by atoms with Crippen LogP contribution in [0.1, 0.15) is 25.3 Å². The quantitative estimate of drug-likeness (QED) is 0.149. The zero-order valence-electron chi connectivity index (χ0n) is 22.2. The number of carboxylic acids is 1. The van der Waals surface area contributed by atoms with E-state index in [1.54, 1.807) is 18.3 Å². The Morgan fingerprint density at radius 2 is 1.85 bits per heavy atom. The van der Waals surface area contributed by atoms with Gasteiger partial charge in [-0.05, 0) is 35.9 Å². The lowest BCUT2D eigenvalue weighted by molar-refractivity contribution is -0.137. The number of carbonyl (C=O) groups excluding carboxylic acids is 3. The van der Waals surface area contributed by atoms with Crippen LogP contribution in [0, 0.1) is 5.82 Å². The topological polar surface area (TPSA) is 162 Å². The highest BCUT2D eigenvalue weighted by Gasteiger charge is 2.23. The molecule has 3 aromatic rings. The van der Waals surface area contributed by atoms with Crippen molar-refractivity contribution in [3.63, 3.8) is 0 Å². The maximum Gasteiger partial charge on any atom is 0.412 e. The highest BCUT2D eigenvalue weighted by molar-refractivity contribution is 6.31. The second-order valence-corrected chi connectivity index (χ2v) is 9.25. The van der Waals surface area contributed by atoms with E-state index < -0.39 is 42.4 Å². The number of carbonyl (C=O) groups is 4. The number of halogens is 2. The number of aromatic nitrogens is 1. The fourth-order valence-corrected chi connectivity index (χ4v) is 4.06. The summed E-state index contributed by atoms with van der Waals surface area (Å²) in [6, 6.07) is 12.1. The SMILES string of the molecule is CC(=O)N(NCc1cccc(F)c1Cl)[C@@H](CCCNC(=O)NCC(=O)O)COC(=O)Nc1cc2ccccc2cn1. The summed E-state index contributed by atoms with van der Waals surface area (Å²) >= 11 is 6.04. The van der Waals surface area contributed by atoms with E-state index in [9.17, 15) is 23.6 Å². The van der Waals surface area contributed by atoms with Crippen molar-refractivity contribution in [1.82, 2.24) is 26.1 Å². The maximum absolute atomic E-state index is 13.9. The highest BCUT2D eigenvalue weighted by Crippen LogP contribution is 2.20. The van der Waals surface area contributed by atoms with E-state index in [-0.39, 0.29) is 37.0 Å². The van der Waals surface area contributed by atoms with Crippen LogP contribution < -0.4 is 21.4 Å². The molecular weight excluding hydrogens is 559 g/mol. The first-order chi connectivity index (χ1) is 19.6. The molecule has 1 aromatic heterocycles. The fraction of sp³-hybridized carbons (Fsp3) is 0.296. The van der Waals surface area contributed by atoms with Crippen LogP contribution in [0.3, 0.4) is 0 Å². The molecule has 218 valence electrons. The monoisotopic (exact) mass is 588 g/mol. The molecule has 41 heavy (non-hydrogen) atoms. The summed E-state index contributed by atoms with van der Waals surface area (Å²) in [5, 5.41) is 18.9. The lowest BCUT2D eigenvalue weighted by atomic mass is 10.1. The number of hydrazine groups is 1. The number of aliphatic carboxylic acids is 1. The molecule has 0 saturated heterocycles. The molecule has 1 heterocycles. The molecule has 0 aliphatic heterocycles. The van der Waals surface area contributed by atoms with Gasteiger partial charge in [0.2, 0.25) is 5.91 Å². The molecule has 4 amide bonds. The summed E-state index contributed by atoms with van der Waals surface area (Å²) in [5.74, 6) is -1.92. The minimum atomic E-state index is -1.18. The van der Waals surface area contributed by atoms with Gasteiger partial charge in [-0.25, -0.2) is 24.4 Å². The molecule has 0 spiro atoms. The van der Waals surface area contributed by atoms with Crippen molar-refractivity contribution in [3.8, 4) is 0 Å². The minimum absolute atomic E-state index is 0.00965. The summed E-state index contributed by atoms with van der Waals surface area (Å²) in [7, 11) is 0.